The van der Waals surface area contributed by atoms with Crippen LogP contribution in [0.3, 0.4) is 0 Å². The molecule has 0 N–H and O–H groups in total. The number of hydrogen-bond donors (Lipinski definition) is 0. The van der Waals surface area contributed by atoms with E-state index < -0.39 is 0 Å². The largest absolute Gasteiger partial charge is 0.309 e. The zero-order valence-electron chi connectivity index (χ0n) is 30.2. The maximum atomic E-state index is 4.97. The lowest BCUT2D eigenvalue weighted by Gasteiger charge is -2.12. The Bertz CT molecular complexity index is 3180. The van der Waals surface area contributed by atoms with Gasteiger partial charge in [-0.2, -0.15) is 0 Å². The van der Waals surface area contributed by atoms with E-state index in [0.717, 1.165) is 33.5 Å². The summed E-state index contributed by atoms with van der Waals surface area (Å²) < 4.78 is 5.05. The van der Waals surface area contributed by atoms with Crippen LogP contribution in [-0.4, -0.2) is 19.5 Å². The highest BCUT2D eigenvalue weighted by Crippen LogP contribution is 2.42. The van der Waals surface area contributed by atoms with Crippen molar-refractivity contribution < 1.29 is 0 Å². The third-order valence-corrected chi connectivity index (χ3v) is 11.9. The van der Waals surface area contributed by atoms with Crippen LogP contribution < -0.4 is 0 Å². The van der Waals surface area contributed by atoms with E-state index in [2.05, 4.69) is 138 Å². The van der Waals surface area contributed by atoms with Gasteiger partial charge in [0, 0.05) is 53.3 Å². The van der Waals surface area contributed by atoms with E-state index in [0.29, 0.717) is 17.5 Å². The number of hydrogen-bond acceptors (Lipinski definition) is 4. The maximum Gasteiger partial charge on any atom is 0.164 e. The molecule has 3 aromatic heterocycles. The van der Waals surface area contributed by atoms with Gasteiger partial charge >= 0.3 is 0 Å². The summed E-state index contributed by atoms with van der Waals surface area (Å²) in [5.74, 6) is 1.95. The van der Waals surface area contributed by atoms with E-state index in [-0.39, 0.29) is 0 Å². The molecule has 0 aliphatic heterocycles. The minimum atomic E-state index is 0.642. The highest BCUT2D eigenvalue weighted by atomic mass is 32.1. The molecule has 5 heteroatoms. The standard InChI is InChI=1S/C51H32N4S/c1-3-13-34(14-4-1)49-52-50(35-15-5-2-6-16-35)54-51(53-49)38-18-11-17-36(31-38)33-25-28-39(29-26-33)55-45-23-9-7-19-41(45)42-30-27-37(32-46(42)55)40-21-12-22-44-43-20-8-10-24-47(43)56-48(40)44/h1-32H. The van der Waals surface area contributed by atoms with E-state index in [1.54, 1.807) is 0 Å². The second kappa shape index (κ2) is 13.3. The van der Waals surface area contributed by atoms with Crippen LogP contribution in [-0.2, 0) is 0 Å². The number of rotatable bonds is 6. The first-order valence-electron chi connectivity index (χ1n) is 18.8. The molecule has 0 aliphatic carbocycles. The Kier molecular flexibility index (Phi) is 7.64. The van der Waals surface area contributed by atoms with Crippen molar-refractivity contribution in [2.75, 3.05) is 0 Å². The van der Waals surface area contributed by atoms with Gasteiger partial charge in [-0.05, 0) is 58.7 Å². The summed E-state index contributed by atoms with van der Waals surface area (Å²) in [6.07, 6.45) is 0. The fourth-order valence-electron chi connectivity index (χ4n) is 7.97. The molecule has 0 saturated carbocycles. The summed E-state index contributed by atoms with van der Waals surface area (Å²) in [7, 11) is 0. The molecule has 3 heterocycles. The van der Waals surface area contributed by atoms with Crippen LogP contribution >= 0.6 is 11.3 Å². The Morgan fingerprint density at radius 2 is 0.893 bits per heavy atom. The highest BCUT2D eigenvalue weighted by molar-refractivity contribution is 7.26. The van der Waals surface area contributed by atoms with Gasteiger partial charge in [-0.25, -0.2) is 15.0 Å². The zero-order valence-corrected chi connectivity index (χ0v) is 31.0. The van der Waals surface area contributed by atoms with Gasteiger partial charge in [-0.1, -0.05) is 158 Å². The third kappa shape index (κ3) is 5.48. The Hall–Kier alpha value is -7.21. The van der Waals surface area contributed by atoms with Crippen molar-refractivity contribution >= 4 is 53.3 Å². The molecule has 4 nitrogen and oxygen atoms in total. The van der Waals surface area contributed by atoms with Gasteiger partial charge < -0.3 is 4.57 Å². The van der Waals surface area contributed by atoms with Gasteiger partial charge in [-0.15, -0.1) is 11.3 Å². The van der Waals surface area contributed by atoms with E-state index in [4.69, 9.17) is 15.0 Å². The van der Waals surface area contributed by atoms with Gasteiger partial charge in [0.15, 0.2) is 17.5 Å². The first-order valence-corrected chi connectivity index (χ1v) is 19.6. The van der Waals surface area contributed by atoms with Crippen LogP contribution in [0.5, 0.6) is 0 Å². The van der Waals surface area contributed by atoms with Crippen LogP contribution in [0.1, 0.15) is 0 Å². The van der Waals surface area contributed by atoms with Crippen molar-refractivity contribution in [2.24, 2.45) is 0 Å². The topological polar surface area (TPSA) is 43.6 Å². The van der Waals surface area contributed by atoms with Crippen molar-refractivity contribution in [1.82, 2.24) is 19.5 Å². The van der Waals surface area contributed by atoms with Crippen molar-refractivity contribution in [3.05, 3.63) is 194 Å². The fourth-order valence-corrected chi connectivity index (χ4v) is 9.21. The number of aromatic nitrogens is 4. The van der Waals surface area contributed by atoms with Crippen LogP contribution in [0, 0.1) is 0 Å². The van der Waals surface area contributed by atoms with Crippen molar-refractivity contribution in [2.45, 2.75) is 0 Å². The lowest BCUT2D eigenvalue weighted by atomic mass is 10.0. The van der Waals surface area contributed by atoms with Crippen molar-refractivity contribution in [3.8, 4) is 62.1 Å². The summed E-state index contributed by atoms with van der Waals surface area (Å²) in [4.78, 5) is 14.8. The summed E-state index contributed by atoms with van der Waals surface area (Å²) in [5.41, 5.74) is 11.0. The van der Waals surface area contributed by atoms with Gasteiger partial charge in [0.05, 0.1) is 11.0 Å². The minimum Gasteiger partial charge on any atom is -0.309 e. The molecule has 0 spiro atoms. The molecule has 0 bridgehead atoms. The average Bonchev–Trinajstić information content (AvgIpc) is 3.83. The van der Waals surface area contributed by atoms with E-state index in [1.807, 2.05) is 72.0 Å². The molecule has 0 unspecified atom stereocenters. The van der Waals surface area contributed by atoms with Crippen LogP contribution in [0.4, 0.5) is 0 Å². The summed E-state index contributed by atoms with van der Waals surface area (Å²) in [6.45, 7) is 0. The van der Waals surface area contributed by atoms with Gasteiger partial charge in [0.1, 0.15) is 0 Å². The quantitative estimate of drug-likeness (QED) is 0.171. The second-order valence-corrected chi connectivity index (χ2v) is 15.1. The Morgan fingerprint density at radius 3 is 1.64 bits per heavy atom. The van der Waals surface area contributed by atoms with Crippen LogP contribution in [0.25, 0.3) is 104 Å². The fraction of sp³-hybridized carbons (Fsp3) is 0. The molecule has 0 aliphatic rings. The van der Waals surface area contributed by atoms with Crippen molar-refractivity contribution in [1.29, 1.82) is 0 Å². The third-order valence-electron chi connectivity index (χ3n) is 10.7. The lowest BCUT2D eigenvalue weighted by molar-refractivity contribution is 1.07. The van der Waals surface area contributed by atoms with Crippen molar-refractivity contribution in [3.63, 3.8) is 0 Å². The Labute approximate surface area is 327 Å². The number of fused-ring (bicyclic) bond motifs is 6. The predicted octanol–water partition coefficient (Wildman–Crippen LogP) is 13.7. The smallest absolute Gasteiger partial charge is 0.164 e. The summed E-state index contributed by atoms with van der Waals surface area (Å²) >= 11 is 1.87. The van der Waals surface area contributed by atoms with Gasteiger partial charge in [0.2, 0.25) is 0 Å². The number of nitrogens with zero attached hydrogens (tertiary/aromatic N) is 4. The molecule has 0 amide bonds. The number of para-hydroxylation sites is 1. The molecular formula is C51H32N4S. The SMILES string of the molecule is c1ccc(-c2nc(-c3ccccc3)nc(-c3cccc(-c4ccc(-n5c6ccccc6c6ccc(-c7cccc8c7sc7ccccc78)cc65)cc4)c3)n2)cc1. The minimum absolute atomic E-state index is 0.642. The molecule has 8 aromatic carbocycles. The molecule has 0 saturated heterocycles. The second-order valence-electron chi connectivity index (χ2n) is 14.0. The van der Waals surface area contributed by atoms with Gasteiger partial charge in [0.25, 0.3) is 0 Å². The molecule has 0 atom stereocenters. The van der Waals surface area contributed by atoms with Gasteiger partial charge in [-0.3, -0.25) is 0 Å². The zero-order chi connectivity index (χ0) is 37.0. The van der Waals surface area contributed by atoms with Crippen LogP contribution in [0.15, 0.2) is 194 Å². The number of thiophene rings is 1. The molecule has 11 aromatic rings. The Balaban J connectivity index is 0.996. The van der Waals surface area contributed by atoms with E-state index in [1.165, 1.54) is 53.1 Å². The first kappa shape index (κ1) is 32.2. The highest BCUT2D eigenvalue weighted by Gasteiger charge is 2.17. The van der Waals surface area contributed by atoms with E-state index >= 15 is 0 Å². The summed E-state index contributed by atoms with van der Waals surface area (Å²) in [5, 5.41) is 5.12. The Morgan fingerprint density at radius 1 is 0.339 bits per heavy atom. The number of benzene rings is 8. The molecule has 262 valence electrons. The molecule has 56 heavy (non-hydrogen) atoms. The molecule has 0 radical (unpaired) electrons. The van der Waals surface area contributed by atoms with E-state index in [9.17, 15) is 0 Å². The molecule has 0 fully saturated rings. The predicted molar refractivity (Wildman–Crippen MR) is 234 cm³/mol. The maximum absolute atomic E-state index is 4.97. The normalized spacial score (nSPS) is 11.6. The monoisotopic (exact) mass is 732 g/mol. The summed E-state index contributed by atoms with van der Waals surface area (Å²) in [6, 6.07) is 68.7. The average molecular weight is 733 g/mol. The van der Waals surface area contributed by atoms with Crippen LogP contribution in [0.2, 0.25) is 0 Å². The first-order chi connectivity index (χ1) is 27.7. The molecule has 11 rings (SSSR count). The lowest BCUT2D eigenvalue weighted by Crippen LogP contribution is -2.00. The molecular weight excluding hydrogens is 701 g/mol.